The highest BCUT2D eigenvalue weighted by Crippen LogP contribution is 2.29. The Morgan fingerprint density at radius 3 is 2.55 bits per heavy atom. The Morgan fingerprint density at radius 1 is 1.10 bits per heavy atom. The fourth-order valence-corrected chi connectivity index (χ4v) is 2.81. The van der Waals surface area contributed by atoms with Crippen LogP contribution in [0.4, 0.5) is 0 Å². The van der Waals surface area contributed by atoms with Gasteiger partial charge in [0.25, 0.3) is 0 Å². The predicted octanol–water partition coefficient (Wildman–Crippen LogP) is 4.91. The van der Waals surface area contributed by atoms with Crippen LogP contribution in [-0.2, 0) is 6.42 Å². The van der Waals surface area contributed by atoms with Gasteiger partial charge < -0.3 is 5.32 Å². The number of aryl methyl sites for hydroxylation is 2. The van der Waals surface area contributed by atoms with Gasteiger partial charge in [-0.25, -0.2) is 0 Å². The molecule has 0 amide bonds. The van der Waals surface area contributed by atoms with Gasteiger partial charge in [-0.1, -0.05) is 61.8 Å². The van der Waals surface area contributed by atoms with Crippen LogP contribution in [0.15, 0.2) is 42.5 Å². The van der Waals surface area contributed by atoms with Crippen molar-refractivity contribution < 1.29 is 0 Å². The van der Waals surface area contributed by atoms with E-state index < -0.39 is 0 Å². The number of benzene rings is 2. The summed E-state index contributed by atoms with van der Waals surface area (Å²) in [6.45, 7) is 7.28. The lowest BCUT2D eigenvalue weighted by Crippen LogP contribution is -2.22. The minimum absolute atomic E-state index is 0.152. The maximum atomic E-state index is 6.44. The molecule has 0 bridgehead atoms. The van der Waals surface area contributed by atoms with Crippen molar-refractivity contribution in [3.8, 4) is 0 Å². The average molecular weight is 288 g/mol. The van der Waals surface area contributed by atoms with Crippen LogP contribution in [0.25, 0.3) is 0 Å². The summed E-state index contributed by atoms with van der Waals surface area (Å²) in [6.07, 6.45) is 1.05. The van der Waals surface area contributed by atoms with E-state index in [2.05, 4.69) is 62.5 Å². The summed E-state index contributed by atoms with van der Waals surface area (Å²) in [5.74, 6) is 0. The van der Waals surface area contributed by atoms with E-state index in [1.807, 2.05) is 6.07 Å². The normalized spacial score (nSPS) is 12.4. The smallest absolute Gasteiger partial charge is 0.0591 e. The molecule has 0 saturated carbocycles. The van der Waals surface area contributed by atoms with Crippen LogP contribution in [0.2, 0.25) is 5.02 Å². The van der Waals surface area contributed by atoms with E-state index in [-0.39, 0.29) is 6.04 Å². The lowest BCUT2D eigenvalue weighted by Gasteiger charge is -2.21. The molecule has 0 aliphatic heterocycles. The molecule has 0 aromatic heterocycles. The van der Waals surface area contributed by atoms with Crippen LogP contribution in [0.5, 0.6) is 0 Å². The second-order valence-corrected chi connectivity index (χ2v) is 5.52. The molecule has 1 atom stereocenters. The zero-order valence-corrected chi connectivity index (χ0v) is 13.2. The fraction of sp³-hybridized carbons (Fsp3) is 0.333. The van der Waals surface area contributed by atoms with Crippen LogP contribution in [0, 0.1) is 6.92 Å². The Bertz CT molecular complexity index is 577. The summed E-state index contributed by atoms with van der Waals surface area (Å²) in [6, 6.07) is 15.2. The topological polar surface area (TPSA) is 12.0 Å². The van der Waals surface area contributed by atoms with Gasteiger partial charge in [-0.05, 0) is 48.2 Å². The standard InChI is InChI=1S/C18H22ClN/c1-4-14-7-6-8-15(12-14)18(20-5-2)16-10-9-13(3)11-17(16)19/h6-12,18,20H,4-5H2,1-3H3. The zero-order valence-electron chi connectivity index (χ0n) is 12.4. The fourth-order valence-electron chi connectivity index (χ4n) is 2.47. The SMILES string of the molecule is CCNC(c1cccc(CC)c1)c1ccc(C)cc1Cl. The van der Waals surface area contributed by atoms with Crippen molar-refractivity contribution in [2.75, 3.05) is 6.54 Å². The molecular formula is C18H22ClN. The van der Waals surface area contributed by atoms with Gasteiger partial charge in [0.2, 0.25) is 0 Å². The summed E-state index contributed by atoms with van der Waals surface area (Å²) < 4.78 is 0. The average Bonchev–Trinajstić information content (AvgIpc) is 2.45. The van der Waals surface area contributed by atoms with Crippen LogP contribution < -0.4 is 5.32 Å². The van der Waals surface area contributed by atoms with Crippen LogP contribution in [-0.4, -0.2) is 6.54 Å². The van der Waals surface area contributed by atoms with Crippen molar-refractivity contribution in [2.45, 2.75) is 33.2 Å². The molecule has 106 valence electrons. The summed E-state index contributed by atoms with van der Waals surface area (Å²) >= 11 is 6.44. The molecular weight excluding hydrogens is 266 g/mol. The Hall–Kier alpha value is -1.31. The predicted molar refractivity (Wildman–Crippen MR) is 87.5 cm³/mol. The Labute approximate surface area is 127 Å². The highest BCUT2D eigenvalue weighted by atomic mass is 35.5. The van der Waals surface area contributed by atoms with Gasteiger partial charge in [-0.15, -0.1) is 0 Å². The molecule has 20 heavy (non-hydrogen) atoms. The maximum Gasteiger partial charge on any atom is 0.0591 e. The zero-order chi connectivity index (χ0) is 14.5. The number of rotatable bonds is 5. The van der Waals surface area contributed by atoms with Crippen molar-refractivity contribution in [1.82, 2.24) is 5.32 Å². The molecule has 0 saturated heterocycles. The van der Waals surface area contributed by atoms with E-state index in [4.69, 9.17) is 11.6 Å². The first-order chi connectivity index (χ1) is 9.65. The molecule has 0 aliphatic rings. The van der Waals surface area contributed by atoms with Gasteiger partial charge >= 0.3 is 0 Å². The minimum Gasteiger partial charge on any atom is -0.306 e. The second-order valence-electron chi connectivity index (χ2n) is 5.11. The number of nitrogens with one attached hydrogen (secondary N) is 1. The third-order valence-electron chi connectivity index (χ3n) is 3.57. The molecule has 0 fully saturated rings. The molecule has 2 aromatic rings. The molecule has 0 radical (unpaired) electrons. The Balaban J connectivity index is 2.44. The first-order valence-corrected chi connectivity index (χ1v) is 7.61. The molecule has 2 heteroatoms. The number of hydrogen-bond acceptors (Lipinski definition) is 1. The van der Waals surface area contributed by atoms with E-state index in [9.17, 15) is 0 Å². The van der Waals surface area contributed by atoms with Gasteiger partial charge in [0.15, 0.2) is 0 Å². The van der Waals surface area contributed by atoms with Gasteiger partial charge in [-0.3, -0.25) is 0 Å². The molecule has 2 aromatic carbocycles. The highest BCUT2D eigenvalue weighted by Gasteiger charge is 2.16. The van der Waals surface area contributed by atoms with Crippen molar-refractivity contribution in [2.24, 2.45) is 0 Å². The number of hydrogen-bond donors (Lipinski definition) is 1. The molecule has 1 nitrogen and oxygen atoms in total. The third-order valence-corrected chi connectivity index (χ3v) is 3.90. The molecule has 1 unspecified atom stereocenters. The summed E-state index contributed by atoms with van der Waals surface area (Å²) in [5.41, 5.74) is 4.97. The van der Waals surface area contributed by atoms with E-state index in [0.29, 0.717) is 0 Å². The number of halogens is 1. The first kappa shape index (κ1) is 15.1. The van der Waals surface area contributed by atoms with Crippen molar-refractivity contribution in [3.05, 3.63) is 69.7 Å². The molecule has 0 aliphatic carbocycles. The van der Waals surface area contributed by atoms with E-state index in [1.165, 1.54) is 16.7 Å². The quantitative estimate of drug-likeness (QED) is 0.824. The highest BCUT2D eigenvalue weighted by molar-refractivity contribution is 6.31. The first-order valence-electron chi connectivity index (χ1n) is 7.24. The summed E-state index contributed by atoms with van der Waals surface area (Å²) in [4.78, 5) is 0. The molecule has 0 heterocycles. The molecule has 0 spiro atoms. The third kappa shape index (κ3) is 3.41. The summed E-state index contributed by atoms with van der Waals surface area (Å²) in [5, 5.41) is 4.37. The Morgan fingerprint density at radius 2 is 1.90 bits per heavy atom. The van der Waals surface area contributed by atoms with Crippen LogP contribution in [0.1, 0.15) is 42.1 Å². The monoisotopic (exact) mass is 287 g/mol. The molecule has 2 rings (SSSR count). The molecule has 1 N–H and O–H groups in total. The van der Waals surface area contributed by atoms with Gasteiger partial charge in [0, 0.05) is 5.02 Å². The Kier molecular flexibility index (Phi) is 5.22. The lowest BCUT2D eigenvalue weighted by molar-refractivity contribution is 0.630. The van der Waals surface area contributed by atoms with Crippen molar-refractivity contribution in [3.63, 3.8) is 0 Å². The van der Waals surface area contributed by atoms with Crippen LogP contribution in [0.3, 0.4) is 0 Å². The van der Waals surface area contributed by atoms with Gasteiger partial charge in [0.05, 0.1) is 6.04 Å². The second kappa shape index (κ2) is 6.92. The maximum absolute atomic E-state index is 6.44. The van der Waals surface area contributed by atoms with Crippen molar-refractivity contribution in [1.29, 1.82) is 0 Å². The van der Waals surface area contributed by atoms with Crippen molar-refractivity contribution >= 4 is 11.6 Å². The van der Waals surface area contributed by atoms with Gasteiger partial charge in [-0.2, -0.15) is 0 Å². The largest absolute Gasteiger partial charge is 0.306 e. The van der Waals surface area contributed by atoms with Crippen LogP contribution >= 0.6 is 11.6 Å². The lowest BCUT2D eigenvalue weighted by atomic mass is 9.95. The minimum atomic E-state index is 0.152. The van der Waals surface area contributed by atoms with E-state index >= 15 is 0 Å². The van der Waals surface area contributed by atoms with E-state index in [1.54, 1.807) is 0 Å². The summed E-state index contributed by atoms with van der Waals surface area (Å²) in [7, 11) is 0. The van der Waals surface area contributed by atoms with Gasteiger partial charge in [0.1, 0.15) is 0 Å². The van der Waals surface area contributed by atoms with E-state index in [0.717, 1.165) is 23.6 Å².